The smallest absolute Gasteiger partial charge is 0.323 e. The highest BCUT2D eigenvalue weighted by Crippen LogP contribution is 2.06. The molecule has 5 heteroatoms. The van der Waals surface area contributed by atoms with Crippen molar-refractivity contribution in [2.24, 2.45) is 11.7 Å². The van der Waals surface area contributed by atoms with Crippen LogP contribution >= 0.6 is 0 Å². The molecule has 3 N–H and O–H groups in total. The molecule has 0 aromatic heterocycles. The summed E-state index contributed by atoms with van der Waals surface area (Å²) in [5.41, 5.74) is 5.34. The van der Waals surface area contributed by atoms with Gasteiger partial charge < -0.3 is 15.7 Å². The number of nitrogens with zero attached hydrogens (tertiary/aromatic N) is 1. The van der Waals surface area contributed by atoms with Crippen LogP contribution in [0, 0.1) is 5.92 Å². The maximum absolute atomic E-state index is 11.7. The molecular weight excluding hydrogens is 196 g/mol. The highest BCUT2D eigenvalue weighted by Gasteiger charge is 2.20. The van der Waals surface area contributed by atoms with Gasteiger partial charge in [-0.2, -0.15) is 0 Å². The molecule has 0 saturated carbocycles. The number of amides is 1. The van der Waals surface area contributed by atoms with Crippen LogP contribution in [-0.2, 0) is 9.59 Å². The minimum atomic E-state index is -1.02. The molecular formula is C10H18N2O3. The Morgan fingerprint density at radius 1 is 1.60 bits per heavy atom. The second kappa shape index (κ2) is 7.00. The Kier molecular flexibility index (Phi) is 6.37. The molecule has 5 nitrogen and oxygen atoms in total. The molecule has 0 aromatic rings. The predicted octanol–water partition coefficient (Wildman–Crippen LogP) is 0.0705. The first-order chi connectivity index (χ1) is 7.02. The largest absolute Gasteiger partial charge is 0.480 e. The van der Waals surface area contributed by atoms with Gasteiger partial charge in [0.05, 0.1) is 0 Å². The summed E-state index contributed by atoms with van der Waals surface area (Å²) in [6.45, 7) is 5.60. The molecule has 1 amide bonds. The number of carboxylic acids is 1. The van der Waals surface area contributed by atoms with Gasteiger partial charge in [-0.05, 0) is 13.0 Å². The van der Waals surface area contributed by atoms with Crippen LogP contribution in [0.1, 0.15) is 13.3 Å². The fourth-order valence-corrected chi connectivity index (χ4v) is 1.24. The van der Waals surface area contributed by atoms with E-state index in [1.807, 2.05) is 0 Å². The van der Waals surface area contributed by atoms with Crippen LogP contribution in [0.4, 0.5) is 0 Å². The first kappa shape index (κ1) is 13.6. The van der Waals surface area contributed by atoms with E-state index in [4.69, 9.17) is 10.8 Å². The molecule has 86 valence electrons. The topological polar surface area (TPSA) is 83.6 Å². The van der Waals surface area contributed by atoms with Gasteiger partial charge in [-0.1, -0.05) is 13.0 Å². The maximum atomic E-state index is 11.7. The van der Waals surface area contributed by atoms with E-state index in [-0.39, 0.29) is 24.9 Å². The zero-order valence-electron chi connectivity index (χ0n) is 8.98. The zero-order chi connectivity index (χ0) is 11.8. The highest BCUT2D eigenvalue weighted by molar-refractivity contribution is 5.83. The summed E-state index contributed by atoms with van der Waals surface area (Å²) in [5.74, 6) is -1.46. The Bertz CT molecular complexity index is 241. The van der Waals surface area contributed by atoms with Gasteiger partial charge >= 0.3 is 5.97 Å². The van der Waals surface area contributed by atoms with Gasteiger partial charge in [0.2, 0.25) is 5.91 Å². The number of hydrogen-bond donors (Lipinski definition) is 2. The van der Waals surface area contributed by atoms with Gasteiger partial charge in [0.15, 0.2) is 0 Å². The minimum absolute atomic E-state index is 0.192. The summed E-state index contributed by atoms with van der Waals surface area (Å²) < 4.78 is 0. The van der Waals surface area contributed by atoms with Crippen molar-refractivity contribution in [2.45, 2.75) is 13.3 Å². The standard InChI is InChI=1S/C10H18N2O3/c1-3-6-12(7-9(13)14)10(15)8(2)4-5-11/h3,8H,1,4-7,11H2,2H3,(H,13,14). The second-order valence-electron chi connectivity index (χ2n) is 3.38. The van der Waals surface area contributed by atoms with E-state index in [1.165, 1.54) is 11.0 Å². The number of hydrogen-bond acceptors (Lipinski definition) is 3. The predicted molar refractivity (Wildman–Crippen MR) is 57.2 cm³/mol. The maximum Gasteiger partial charge on any atom is 0.323 e. The molecule has 1 atom stereocenters. The summed E-state index contributed by atoms with van der Waals surface area (Å²) in [6, 6.07) is 0. The van der Waals surface area contributed by atoms with E-state index in [9.17, 15) is 9.59 Å². The molecule has 1 unspecified atom stereocenters. The summed E-state index contributed by atoms with van der Waals surface area (Å²) in [4.78, 5) is 23.5. The van der Waals surface area contributed by atoms with Crippen molar-refractivity contribution in [3.8, 4) is 0 Å². The van der Waals surface area contributed by atoms with Crippen molar-refractivity contribution in [3.63, 3.8) is 0 Å². The molecule has 0 spiro atoms. The van der Waals surface area contributed by atoms with E-state index < -0.39 is 5.97 Å². The third kappa shape index (κ3) is 5.17. The van der Waals surface area contributed by atoms with Crippen LogP contribution in [-0.4, -0.2) is 41.5 Å². The normalized spacial score (nSPS) is 11.9. The lowest BCUT2D eigenvalue weighted by Gasteiger charge is -2.22. The first-order valence-electron chi connectivity index (χ1n) is 4.84. The number of rotatable bonds is 7. The lowest BCUT2D eigenvalue weighted by atomic mass is 10.1. The SMILES string of the molecule is C=CCN(CC(=O)O)C(=O)C(C)CCN. The molecule has 0 rings (SSSR count). The molecule has 15 heavy (non-hydrogen) atoms. The summed E-state index contributed by atoms with van der Waals surface area (Å²) >= 11 is 0. The van der Waals surface area contributed by atoms with E-state index in [1.54, 1.807) is 6.92 Å². The van der Waals surface area contributed by atoms with Crippen molar-refractivity contribution in [1.82, 2.24) is 4.90 Å². The van der Waals surface area contributed by atoms with Crippen LogP contribution < -0.4 is 5.73 Å². The molecule has 0 aliphatic rings. The van der Waals surface area contributed by atoms with Gasteiger partial charge in [-0.3, -0.25) is 9.59 Å². The van der Waals surface area contributed by atoms with Gasteiger partial charge in [-0.25, -0.2) is 0 Å². The van der Waals surface area contributed by atoms with E-state index in [0.29, 0.717) is 13.0 Å². The minimum Gasteiger partial charge on any atom is -0.480 e. The van der Waals surface area contributed by atoms with E-state index in [0.717, 1.165) is 0 Å². The average molecular weight is 214 g/mol. The highest BCUT2D eigenvalue weighted by atomic mass is 16.4. The number of aliphatic carboxylic acids is 1. The van der Waals surface area contributed by atoms with E-state index in [2.05, 4.69) is 6.58 Å². The summed E-state index contributed by atoms with van der Waals surface area (Å²) in [7, 11) is 0. The number of carboxylic acid groups (broad SMARTS) is 1. The summed E-state index contributed by atoms with van der Waals surface area (Å²) in [6.07, 6.45) is 2.07. The third-order valence-electron chi connectivity index (χ3n) is 2.01. The fraction of sp³-hybridized carbons (Fsp3) is 0.600. The molecule has 0 radical (unpaired) electrons. The van der Waals surface area contributed by atoms with Crippen molar-refractivity contribution < 1.29 is 14.7 Å². The Balaban J connectivity index is 4.39. The lowest BCUT2D eigenvalue weighted by molar-refractivity contribution is -0.145. The second-order valence-corrected chi connectivity index (χ2v) is 3.38. The van der Waals surface area contributed by atoms with Crippen molar-refractivity contribution in [2.75, 3.05) is 19.6 Å². The summed E-state index contributed by atoms with van der Waals surface area (Å²) in [5, 5.41) is 8.62. The monoisotopic (exact) mass is 214 g/mol. The lowest BCUT2D eigenvalue weighted by Crippen LogP contribution is -2.39. The van der Waals surface area contributed by atoms with Crippen LogP contribution in [0.2, 0.25) is 0 Å². The van der Waals surface area contributed by atoms with Gasteiger partial charge in [0, 0.05) is 12.5 Å². The Morgan fingerprint density at radius 2 is 2.20 bits per heavy atom. The molecule has 0 fully saturated rings. The van der Waals surface area contributed by atoms with Crippen molar-refractivity contribution in [3.05, 3.63) is 12.7 Å². The number of nitrogens with two attached hydrogens (primary N) is 1. The molecule has 0 aromatic carbocycles. The van der Waals surface area contributed by atoms with Crippen LogP contribution in [0.5, 0.6) is 0 Å². The molecule has 0 saturated heterocycles. The van der Waals surface area contributed by atoms with Gasteiger partial charge in [0.25, 0.3) is 0 Å². The van der Waals surface area contributed by atoms with Crippen molar-refractivity contribution >= 4 is 11.9 Å². The first-order valence-corrected chi connectivity index (χ1v) is 4.84. The van der Waals surface area contributed by atoms with Crippen LogP contribution in [0.25, 0.3) is 0 Å². The third-order valence-corrected chi connectivity index (χ3v) is 2.01. The molecule has 0 aliphatic carbocycles. The molecule has 0 bridgehead atoms. The Hall–Kier alpha value is -1.36. The van der Waals surface area contributed by atoms with Crippen molar-refractivity contribution in [1.29, 1.82) is 0 Å². The zero-order valence-corrected chi connectivity index (χ0v) is 8.98. The Labute approximate surface area is 89.6 Å². The fourth-order valence-electron chi connectivity index (χ4n) is 1.24. The molecule has 0 aliphatic heterocycles. The van der Waals surface area contributed by atoms with E-state index >= 15 is 0 Å². The molecule has 0 heterocycles. The van der Waals surface area contributed by atoms with Crippen LogP contribution in [0.15, 0.2) is 12.7 Å². The average Bonchev–Trinajstić information content (AvgIpc) is 2.16. The Morgan fingerprint density at radius 3 is 2.60 bits per heavy atom. The van der Waals surface area contributed by atoms with Crippen LogP contribution in [0.3, 0.4) is 0 Å². The number of carbonyl (C=O) groups excluding carboxylic acids is 1. The van der Waals surface area contributed by atoms with Gasteiger partial charge in [-0.15, -0.1) is 6.58 Å². The van der Waals surface area contributed by atoms with Gasteiger partial charge in [0.1, 0.15) is 6.54 Å². The quantitative estimate of drug-likeness (QED) is 0.587. The number of carbonyl (C=O) groups is 2.